The van der Waals surface area contributed by atoms with Gasteiger partial charge in [0.2, 0.25) is 0 Å². The van der Waals surface area contributed by atoms with Crippen LogP contribution in [0.1, 0.15) is 11.4 Å². The van der Waals surface area contributed by atoms with E-state index in [1.54, 1.807) is 25.1 Å². The number of hydrogen-bond donors (Lipinski definition) is 0. The average molecular weight is 329 g/mol. The molecule has 0 atom stereocenters. The van der Waals surface area contributed by atoms with E-state index in [2.05, 4.69) is 4.98 Å². The molecule has 0 saturated heterocycles. The van der Waals surface area contributed by atoms with Gasteiger partial charge in [0.25, 0.3) is 5.56 Å². The summed E-state index contributed by atoms with van der Waals surface area (Å²) in [6.07, 6.45) is 0. The molecule has 2 aromatic heterocycles. The van der Waals surface area contributed by atoms with E-state index in [0.717, 1.165) is 23.9 Å². The minimum Gasteiger partial charge on any atom is -0.480 e. The van der Waals surface area contributed by atoms with Crippen molar-refractivity contribution >= 4 is 11.3 Å². The van der Waals surface area contributed by atoms with Gasteiger partial charge in [0.1, 0.15) is 18.1 Å². The molecule has 0 aliphatic rings. The van der Waals surface area contributed by atoms with Crippen molar-refractivity contribution in [3.05, 3.63) is 80.1 Å². The lowest BCUT2D eigenvalue weighted by molar-refractivity contribution is -0.386. The summed E-state index contributed by atoms with van der Waals surface area (Å²) in [4.78, 5) is 26.7. The Labute approximate surface area is 135 Å². The molecule has 0 N–H and O–H groups in total. The van der Waals surface area contributed by atoms with E-state index >= 15 is 0 Å². The maximum absolute atomic E-state index is 13.3. The zero-order valence-electron chi connectivity index (χ0n) is 12.6. The monoisotopic (exact) mass is 329 g/mol. The van der Waals surface area contributed by atoms with E-state index in [4.69, 9.17) is 4.74 Å². The van der Waals surface area contributed by atoms with Gasteiger partial charge in [-0.3, -0.25) is 19.3 Å². The van der Waals surface area contributed by atoms with Gasteiger partial charge in [-0.25, -0.2) is 9.37 Å². The molecule has 0 unspecified atom stereocenters. The highest BCUT2D eigenvalue weighted by Crippen LogP contribution is 2.28. The number of nitro groups is 1. The highest BCUT2D eigenvalue weighted by molar-refractivity contribution is 5.46. The van der Waals surface area contributed by atoms with E-state index in [9.17, 15) is 19.3 Å². The maximum Gasteiger partial charge on any atom is 0.311 e. The summed E-state index contributed by atoms with van der Waals surface area (Å²) in [6, 6.07) is 9.43. The Morgan fingerprint density at radius 2 is 2.08 bits per heavy atom. The van der Waals surface area contributed by atoms with Crippen LogP contribution in [-0.2, 0) is 6.61 Å². The second-order valence-corrected chi connectivity index (χ2v) is 5.10. The van der Waals surface area contributed by atoms with E-state index < -0.39 is 10.7 Å². The van der Waals surface area contributed by atoms with Crippen LogP contribution in [0.4, 0.5) is 10.1 Å². The fraction of sp³-hybridized carbons (Fsp3) is 0.125. The standard InChI is InChI=1S/C16H12FN3O4/c1-10-3-2-4-15-18-12(8-16(21)19(10)15)9-24-14-7-11(17)5-6-13(14)20(22)23/h2-8H,9H2,1H3. The van der Waals surface area contributed by atoms with Crippen LogP contribution >= 0.6 is 0 Å². The number of benzene rings is 1. The van der Waals surface area contributed by atoms with Gasteiger partial charge in [-0.05, 0) is 25.1 Å². The van der Waals surface area contributed by atoms with Crippen molar-refractivity contribution in [1.29, 1.82) is 0 Å². The minimum atomic E-state index is -0.666. The van der Waals surface area contributed by atoms with Crippen LogP contribution in [0.3, 0.4) is 0 Å². The van der Waals surface area contributed by atoms with Gasteiger partial charge >= 0.3 is 5.69 Å². The van der Waals surface area contributed by atoms with Crippen LogP contribution in [0.25, 0.3) is 5.65 Å². The maximum atomic E-state index is 13.3. The third kappa shape index (κ3) is 2.94. The molecule has 0 spiro atoms. The summed E-state index contributed by atoms with van der Waals surface area (Å²) < 4.78 is 20.0. The highest BCUT2D eigenvalue weighted by atomic mass is 19.1. The molecule has 0 fully saturated rings. The van der Waals surface area contributed by atoms with Crippen LogP contribution in [-0.4, -0.2) is 14.3 Å². The van der Waals surface area contributed by atoms with Gasteiger partial charge in [-0.15, -0.1) is 0 Å². The van der Waals surface area contributed by atoms with Crippen molar-refractivity contribution < 1.29 is 14.1 Å². The Morgan fingerprint density at radius 1 is 1.29 bits per heavy atom. The number of hydrogen-bond acceptors (Lipinski definition) is 5. The number of ether oxygens (including phenoxy) is 1. The summed E-state index contributed by atoms with van der Waals surface area (Å²) in [6.45, 7) is 1.59. The molecule has 24 heavy (non-hydrogen) atoms. The molecule has 1 aromatic carbocycles. The Kier molecular flexibility index (Phi) is 3.95. The lowest BCUT2D eigenvalue weighted by Crippen LogP contribution is -2.18. The van der Waals surface area contributed by atoms with Crippen molar-refractivity contribution in [2.45, 2.75) is 13.5 Å². The molecule has 7 nitrogen and oxygen atoms in total. The van der Waals surface area contributed by atoms with Crippen molar-refractivity contribution in [3.8, 4) is 5.75 Å². The smallest absolute Gasteiger partial charge is 0.311 e. The molecule has 0 amide bonds. The third-order valence-electron chi connectivity index (χ3n) is 3.43. The summed E-state index contributed by atoms with van der Waals surface area (Å²) in [5.41, 5.74) is 0.826. The first kappa shape index (κ1) is 15.6. The Morgan fingerprint density at radius 3 is 2.83 bits per heavy atom. The van der Waals surface area contributed by atoms with Crippen LogP contribution in [0.5, 0.6) is 5.75 Å². The fourth-order valence-corrected chi connectivity index (χ4v) is 2.34. The zero-order chi connectivity index (χ0) is 17.3. The van der Waals surface area contributed by atoms with Gasteiger partial charge < -0.3 is 4.74 Å². The molecule has 0 radical (unpaired) electrons. The van der Waals surface area contributed by atoms with Crippen molar-refractivity contribution in [1.82, 2.24) is 9.38 Å². The first-order valence-corrected chi connectivity index (χ1v) is 7.01. The predicted molar refractivity (Wildman–Crippen MR) is 83.6 cm³/mol. The van der Waals surface area contributed by atoms with Gasteiger partial charge in [0, 0.05) is 23.9 Å². The lowest BCUT2D eigenvalue weighted by atomic mass is 10.3. The predicted octanol–water partition coefficient (Wildman–Crippen LogP) is 2.63. The van der Waals surface area contributed by atoms with Gasteiger partial charge in [0.15, 0.2) is 5.75 Å². The van der Waals surface area contributed by atoms with E-state index in [-0.39, 0.29) is 23.6 Å². The topological polar surface area (TPSA) is 86.7 Å². The number of nitro benzene ring substituents is 1. The molecule has 0 aliphatic carbocycles. The zero-order valence-corrected chi connectivity index (χ0v) is 12.6. The van der Waals surface area contributed by atoms with Gasteiger partial charge in [-0.2, -0.15) is 0 Å². The molecule has 3 rings (SSSR count). The normalized spacial score (nSPS) is 10.8. The second kappa shape index (κ2) is 6.07. The molecule has 122 valence electrons. The quantitative estimate of drug-likeness (QED) is 0.542. The average Bonchev–Trinajstić information content (AvgIpc) is 2.52. The Bertz CT molecular complexity index is 1000. The molecule has 2 heterocycles. The first-order chi connectivity index (χ1) is 11.5. The van der Waals surface area contributed by atoms with E-state index in [1.165, 1.54) is 10.5 Å². The molecule has 0 bridgehead atoms. The van der Waals surface area contributed by atoms with E-state index in [1.807, 2.05) is 0 Å². The number of pyridine rings is 1. The number of rotatable bonds is 4. The summed E-state index contributed by atoms with van der Waals surface area (Å²) >= 11 is 0. The van der Waals surface area contributed by atoms with Crippen molar-refractivity contribution in [3.63, 3.8) is 0 Å². The van der Waals surface area contributed by atoms with Gasteiger partial charge in [0.05, 0.1) is 10.6 Å². The summed E-state index contributed by atoms with van der Waals surface area (Å²) in [5.74, 6) is -0.871. The molecule has 0 aliphatic heterocycles. The summed E-state index contributed by atoms with van der Waals surface area (Å²) in [5, 5.41) is 10.9. The lowest BCUT2D eigenvalue weighted by Gasteiger charge is -2.08. The van der Waals surface area contributed by atoms with Crippen LogP contribution in [0.2, 0.25) is 0 Å². The second-order valence-electron chi connectivity index (χ2n) is 5.10. The Hall–Kier alpha value is -3.29. The number of fused-ring (bicyclic) bond motifs is 1. The van der Waals surface area contributed by atoms with Crippen LogP contribution in [0, 0.1) is 22.9 Å². The number of nitrogens with zero attached hydrogens (tertiary/aromatic N) is 3. The minimum absolute atomic E-state index is 0.191. The largest absolute Gasteiger partial charge is 0.480 e. The highest BCUT2D eigenvalue weighted by Gasteiger charge is 2.16. The van der Waals surface area contributed by atoms with Gasteiger partial charge in [-0.1, -0.05) is 6.07 Å². The SMILES string of the molecule is Cc1cccc2nc(COc3cc(F)ccc3[N+](=O)[O-])cc(=O)n12. The van der Waals surface area contributed by atoms with Crippen LogP contribution < -0.4 is 10.3 Å². The first-order valence-electron chi connectivity index (χ1n) is 7.01. The number of halogens is 1. The Balaban J connectivity index is 1.93. The van der Waals surface area contributed by atoms with Crippen LogP contribution in [0.15, 0.2) is 47.3 Å². The number of aromatic nitrogens is 2. The summed E-state index contributed by atoms with van der Waals surface area (Å²) in [7, 11) is 0. The molecular weight excluding hydrogens is 317 g/mol. The molecule has 8 heteroatoms. The third-order valence-corrected chi connectivity index (χ3v) is 3.43. The molecule has 3 aromatic rings. The van der Waals surface area contributed by atoms with E-state index in [0.29, 0.717) is 11.3 Å². The fourth-order valence-electron chi connectivity index (χ4n) is 2.34. The molecular formula is C16H12FN3O4. The molecule has 0 saturated carbocycles. The van der Waals surface area contributed by atoms with Crippen molar-refractivity contribution in [2.75, 3.05) is 0 Å². The van der Waals surface area contributed by atoms with Crippen molar-refractivity contribution in [2.24, 2.45) is 0 Å². The number of aryl methyl sites for hydroxylation is 1.